The summed E-state index contributed by atoms with van der Waals surface area (Å²) in [4.78, 5) is 9.47. The minimum Gasteiger partial charge on any atom is -0.258 e. The average molecular weight is 302 g/mol. The van der Waals surface area contributed by atoms with Crippen LogP contribution in [-0.4, -0.2) is 19.4 Å². The van der Waals surface area contributed by atoms with Gasteiger partial charge in [-0.25, -0.2) is 17.5 Å². The van der Waals surface area contributed by atoms with Crippen LogP contribution in [0.4, 0.5) is 10.1 Å². The van der Waals surface area contributed by atoms with E-state index in [0.717, 1.165) is 18.6 Å². The maximum Gasteiger partial charge on any atom is 0.292 e. The van der Waals surface area contributed by atoms with Crippen molar-refractivity contribution in [2.24, 2.45) is 5.92 Å². The second kappa shape index (κ2) is 5.45. The maximum absolute atomic E-state index is 13.0. The molecule has 0 heterocycles. The van der Waals surface area contributed by atoms with Gasteiger partial charge in [0, 0.05) is 6.04 Å². The number of benzene rings is 1. The van der Waals surface area contributed by atoms with Crippen LogP contribution in [-0.2, 0) is 10.0 Å². The van der Waals surface area contributed by atoms with E-state index in [4.69, 9.17) is 0 Å². The van der Waals surface area contributed by atoms with E-state index in [1.165, 1.54) is 0 Å². The highest BCUT2D eigenvalue weighted by molar-refractivity contribution is 7.89. The van der Waals surface area contributed by atoms with E-state index < -0.39 is 31.3 Å². The fourth-order valence-electron chi connectivity index (χ4n) is 2.46. The summed E-state index contributed by atoms with van der Waals surface area (Å²) in [5.41, 5.74) is -0.747. The van der Waals surface area contributed by atoms with E-state index in [9.17, 15) is 22.9 Å². The van der Waals surface area contributed by atoms with Crippen molar-refractivity contribution in [1.82, 2.24) is 4.72 Å². The van der Waals surface area contributed by atoms with Gasteiger partial charge in [-0.05, 0) is 37.3 Å². The van der Waals surface area contributed by atoms with Crippen LogP contribution in [0.5, 0.6) is 0 Å². The smallest absolute Gasteiger partial charge is 0.258 e. The van der Waals surface area contributed by atoms with Crippen molar-refractivity contribution in [3.8, 4) is 0 Å². The third kappa shape index (κ3) is 3.13. The first-order valence-corrected chi connectivity index (χ1v) is 7.74. The molecule has 1 N–H and O–H groups in total. The largest absolute Gasteiger partial charge is 0.292 e. The Labute approximate surface area is 116 Å². The molecule has 2 atom stereocenters. The SMILES string of the molecule is CC1CCC(NS(=O)(=O)c2ccc(F)cc2[N+](=O)[O-])C1. The van der Waals surface area contributed by atoms with E-state index in [0.29, 0.717) is 24.8 Å². The summed E-state index contributed by atoms with van der Waals surface area (Å²) >= 11 is 0. The molecule has 1 aromatic carbocycles. The van der Waals surface area contributed by atoms with Gasteiger partial charge in [-0.1, -0.05) is 6.92 Å². The molecule has 0 aromatic heterocycles. The number of nitrogens with one attached hydrogen (secondary N) is 1. The zero-order valence-corrected chi connectivity index (χ0v) is 11.7. The molecule has 1 aromatic rings. The van der Waals surface area contributed by atoms with Crippen LogP contribution < -0.4 is 4.72 Å². The highest BCUT2D eigenvalue weighted by atomic mass is 32.2. The van der Waals surface area contributed by atoms with Gasteiger partial charge in [0.2, 0.25) is 10.0 Å². The first-order valence-electron chi connectivity index (χ1n) is 6.26. The lowest BCUT2D eigenvalue weighted by Gasteiger charge is -2.13. The van der Waals surface area contributed by atoms with Gasteiger partial charge in [0.05, 0.1) is 11.0 Å². The van der Waals surface area contributed by atoms with Gasteiger partial charge < -0.3 is 0 Å². The van der Waals surface area contributed by atoms with E-state index in [1.54, 1.807) is 0 Å². The molecular weight excluding hydrogens is 287 g/mol. The fraction of sp³-hybridized carbons (Fsp3) is 0.500. The number of hydrogen-bond donors (Lipinski definition) is 1. The zero-order valence-electron chi connectivity index (χ0n) is 10.9. The van der Waals surface area contributed by atoms with E-state index in [1.807, 2.05) is 6.92 Å². The van der Waals surface area contributed by atoms with E-state index >= 15 is 0 Å². The molecule has 0 amide bonds. The topological polar surface area (TPSA) is 89.3 Å². The lowest BCUT2D eigenvalue weighted by atomic mass is 10.1. The lowest BCUT2D eigenvalue weighted by molar-refractivity contribution is -0.388. The van der Waals surface area contributed by atoms with Crippen molar-refractivity contribution in [3.63, 3.8) is 0 Å². The molecule has 1 aliphatic carbocycles. The van der Waals surface area contributed by atoms with Crippen molar-refractivity contribution in [1.29, 1.82) is 0 Å². The van der Waals surface area contributed by atoms with Crippen LogP contribution in [0.1, 0.15) is 26.2 Å². The molecule has 1 saturated carbocycles. The Morgan fingerprint density at radius 2 is 2.10 bits per heavy atom. The summed E-state index contributed by atoms with van der Waals surface area (Å²) in [6.45, 7) is 2.02. The minimum atomic E-state index is -4.02. The molecule has 110 valence electrons. The monoisotopic (exact) mass is 302 g/mol. The van der Waals surface area contributed by atoms with Gasteiger partial charge in [-0.3, -0.25) is 10.1 Å². The van der Waals surface area contributed by atoms with Crippen molar-refractivity contribution in [3.05, 3.63) is 34.1 Å². The summed E-state index contributed by atoms with van der Waals surface area (Å²) in [7, 11) is -4.02. The molecule has 8 heteroatoms. The predicted octanol–water partition coefficient (Wildman–Crippen LogP) is 2.20. The Hall–Kier alpha value is -1.54. The molecule has 6 nitrogen and oxygen atoms in total. The van der Waals surface area contributed by atoms with Gasteiger partial charge in [-0.15, -0.1) is 0 Å². The highest BCUT2D eigenvalue weighted by Gasteiger charge is 2.31. The van der Waals surface area contributed by atoms with E-state index in [-0.39, 0.29) is 6.04 Å². The minimum absolute atomic E-state index is 0.223. The third-order valence-electron chi connectivity index (χ3n) is 3.42. The van der Waals surface area contributed by atoms with Crippen LogP contribution in [0, 0.1) is 21.8 Å². The molecule has 2 unspecified atom stereocenters. The second-order valence-electron chi connectivity index (χ2n) is 5.11. The Bertz CT molecular complexity index is 632. The van der Waals surface area contributed by atoms with Crippen LogP contribution in [0.3, 0.4) is 0 Å². The Morgan fingerprint density at radius 3 is 2.65 bits per heavy atom. The van der Waals surface area contributed by atoms with Crippen molar-refractivity contribution in [2.75, 3.05) is 0 Å². The average Bonchev–Trinajstić information content (AvgIpc) is 2.73. The number of hydrogen-bond acceptors (Lipinski definition) is 4. The van der Waals surface area contributed by atoms with Crippen molar-refractivity contribution in [2.45, 2.75) is 37.1 Å². The number of halogens is 1. The molecule has 0 radical (unpaired) electrons. The fourth-order valence-corrected chi connectivity index (χ4v) is 3.89. The Kier molecular flexibility index (Phi) is 4.05. The second-order valence-corrected chi connectivity index (χ2v) is 6.79. The molecule has 20 heavy (non-hydrogen) atoms. The zero-order chi connectivity index (χ0) is 14.9. The predicted molar refractivity (Wildman–Crippen MR) is 70.2 cm³/mol. The summed E-state index contributed by atoms with van der Waals surface area (Å²) in [6, 6.07) is 2.22. The van der Waals surface area contributed by atoms with Gasteiger partial charge in [0.25, 0.3) is 5.69 Å². The number of nitrogens with zero attached hydrogens (tertiary/aromatic N) is 1. The molecule has 2 rings (SSSR count). The van der Waals surface area contributed by atoms with Gasteiger partial charge in [0.1, 0.15) is 5.82 Å². The number of rotatable bonds is 4. The quantitative estimate of drug-likeness (QED) is 0.682. The number of sulfonamides is 1. The van der Waals surface area contributed by atoms with Crippen LogP contribution in [0.15, 0.2) is 23.1 Å². The number of nitro groups is 1. The molecular formula is C12H15FN2O4S. The van der Waals surface area contributed by atoms with Crippen LogP contribution in [0.25, 0.3) is 0 Å². The first-order chi connectivity index (χ1) is 9.29. The summed E-state index contributed by atoms with van der Waals surface area (Å²) in [6.07, 6.45) is 2.32. The highest BCUT2D eigenvalue weighted by Crippen LogP contribution is 2.28. The summed E-state index contributed by atoms with van der Waals surface area (Å²) < 4.78 is 39.9. The summed E-state index contributed by atoms with van der Waals surface area (Å²) in [5, 5.41) is 10.9. The molecule has 0 bridgehead atoms. The molecule has 1 aliphatic rings. The van der Waals surface area contributed by atoms with Gasteiger partial charge in [0.15, 0.2) is 4.90 Å². The molecule has 0 saturated heterocycles. The van der Waals surface area contributed by atoms with Gasteiger partial charge in [-0.2, -0.15) is 0 Å². The van der Waals surface area contributed by atoms with Crippen LogP contribution in [0.2, 0.25) is 0 Å². The first kappa shape index (κ1) is 14.9. The molecule has 1 fully saturated rings. The molecule has 0 spiro atoms. The van der Waals surface area contributed by atoms with Crippen LogP contribution >= 0.6 is 0 Å². The number of nitro benzene ring substituents is 1. The van der Waals surface area contributed by atoms with E-state index in [2.05, 4.69) is 4.72 Å². The standard InChI is InChI=1S/C12H15FN2O4S/c1-8-2-4-10(6-8)14-20(18,19)12-5-3-9(13)7-11(12)15(16)17/h3,5,7-8,10,14H,2,4,6H2,1H3. The normalized spacial score (nSPS) is 22.9. The lowest BCUT2D eigenvalue weighted by Crippen LogP contribution is -2.33. The Balaban J connectivity index is 2.32. The summed E-state index contributed by atoms with van der Waals surface area (Å²) in [5.74, 6) is -0.420. The molecule has 0 aliphatic heterocycles. The van der Waals surface area contributed by atoms with Gasteiger partial charge >= 0.3 is 0 Å². The van der Waals surface area contributed by atoms with Crippen molar-refractivity contribution >= 4 is 15.7 Å². The maximum atomic E-state index is 13.0. The Morgan fingerprint density at radius 1 is 1.40 bits per heavy atom. The third-order valence-corrected chi connectivity index (χ3v) is 4.99. The van der Waals surface area contributed by atoms with Crippen molar-refractivity contribution < 1.29 is 17.7 Å².